The number of ether oxygens (including phenoxy) is 1. The second-order valence-electron chi connectivity index (χ2n) is 4.08. The maximum atomic E-state index is 10.5. The number of alkyl halides is 1. The van der Waals surface area contributed by atoms with E-state index in [4.69, 9.17) is 16.3 Å². The highest BCUT2D eigenvalue weighted by Gasteiger charge is 1.98. The number of hydrogen-bond acceptors (Lipinski definition) is 3. The summed E-state index contributed by atoms with van der Waals surface area (Å²) < 4.78 is 5.58. The van der Waals surface area contributed by atoms with Crippen molar-refractivity contribution >= 4 is 17.9 Å². The van der Waals surface area contributed by atoms with Crippen molar-refractivity contribution in [1.29, 1.82) is 0 Å². The zero-order valence-electron chi connectivity index (χ0n) is 10.4. The van der Waals surface area contributed by atoms with Gasteiger partial charge in [0.05, 0.1) is 6.61 Å². The number of benzene rings is 1. The van der Waals surface area contributed by atoms with Gasteiger partial charge in [-0.05, 0) is 35.9 Å². The monoisotopic (exact) mass is 275 g/mol. The Kier molecular flexibility index (Phi) is 4.93. The molecule has 4 heteroatoms. The average Bonchev–Trinajstić information content (AvgIpc) is 2.49. The van der Waals surface area contributed by atoms with Crippen molar-refractivity contribution in [2.45, 2.75) is 12.3 Å². The van der Waals surface area contributed by atoms with Crippen molar-refractivity contribution in [2.24, 2.45) is 0 Å². The van der Waals surface area contributed by atoms with Crippen LogP contribution >= 0.6 is 11.6 Å². The van der Waals surface area contributed by atoms with Gasteiger partial charge in [0.2, 0.25) is 0 Å². The van der Waals surface area contributed by atoms with Crippen LogP contribution in [0.4, 0.5) is 0 Å². The number of carbonyl (C=O) groups is 1. The van der Waals surface area contributed by atoms with E-state index in [2.05, 4.69) is 4.98 Å². The standard InChI is InChI=1S/C15H14ClNO2/c16-9-13-1-4-14(17-10-13)7-8-19-15-5-2-12(11-18)3-6-15/h1-6,10-11H,7-9H2. The highest BCUT2D eigenvalue weighted by Crippen LogP contribution is 2.11. The molecule has 1 heterocycles. The number of pyridine rings is 1. The van der Waals surface area contributed by atoms with Gasteiger partial charge in [0, 0.05) is 29.8 Å². The van der Waals surface area contributed by atoms with E-state index in [0.717, 1.165) is 29.7 Å². The molecule has 19 heavy (non-hydrogen) atoms. The molecule has 98 valence electrons. The highest BCUT2D eigenvalue weighted by molar-refractivity contribution is 6.17. The van der Waals surface area contributed by atoms with Crippen LogP contribution in [-0.2, 0) is 12.3 Å². The number of aromatic nitrogens is 1. The predicted octanol–water partition coefficient (Wildman–Crippen LogP) is 3.25. The fourth-order valence-corrected chi connectivity index (χ4v) is 1.76. The van der Waals surface area contributed by atoms with Gasteiger partial charge < -0.3 is 4.74 Å². The molecule has 0 fully saturated rings. The van der Waals surface area contributed by atoms with E-state index in [1.54, 1.807) is 30.5 Å². The quantitative estimate of drug-likeness (QED) is 0.600. The summed E-state index contributed by atoms with van der Waals surface area (Å²) in [6.07, 6.45) is 3.32. The lowest BCUT2D eigenvalue weighted by Crippen LogP contribution is -2.03. The normalized spacial score (nSPS) is 10.2. The number of halogens is 1. The Morgan fingerprint density at radius 2 is 1.95 bits per heavy atom. The predicted molar refractivity (Wildman–Crippen MR) is 74.8 cm³/mol. The molecule has 0 N–H and O–H groups in total. The summed E-state index contributed by atoms with van der Waals surface area (Å²) in [5, 5.41) is 0. The molecule has 3 nitrogen and oxygen atoms in total. The summed E-state index contributed by atoms with van der Waals surface area (Å²) in [6.45, 7) is 0.549. The fourth-order valence-electron chi connectivity index (χ4n) is 1.60. The molecule has 0 unspecified atom stereocenters. The molecule has 0 bridgehead atoms. The molecule has 2 aromatic rings. The van der Waals surface area contributed by atoms with Gasteiger partial charge in [0.15, 0.2) is 0 Å². The first-order chi connectivity index (χ1) is 9.31. The highest BCUT2D eigenvalue weighted by atomic mass is 35.5. The van der Waals surface area contributed by atoms with Crippen molar-refractivity contribution < 1.29 is 9.53 Å². The van der Waals surface area contributed by atoms with Crippen molar-refractivity contribution in [3.63, 3.8) is 0 Å². The molecule has 0 atom stereocenters. The van der Waals surface area contributed by atoms with E-state index in [9.17, 15) is 4.79 Å². The summed E-state index contributed by atoms with van der Waals surface area (Å²) in [5.74, 6) is 1.23. The Balaban J connectivity index is 1.83. The van der Waals surface area contributed by atoms with Gasteiger partial charge in [-0.3, -0.25) is 9.78 Å². The van der Waals surface area contributed by atoms with Crippen LogP contribution in [0.2, 0.25) is 0 Å². The molecule has 1 aromatic heterocycles. The molecule has 0 aliphatic rings. The van der Waals surface area contributed by atoms with E-state index in [1.165, 1.54) is 0 Å². The molecule has 0 saturated heterocycles. The van der Waals surface area contributed by atoms with Crippen LogP contribution in [0.3, 0.4) is 0 Å². The lowest BCUT2D eigenvalue weighted by molar-refractivity contribution is 0.112. The third kappa shape index (κ3) is 4.07. The van der Waals surface area contributed by atoms with Crippen molar-refractivity contribution in [2.75, 3.05) is 6.61 Å². The van der Waals surface area contributed by atoms with Crippen LogP contribution in [0.25, 0.3) is 0 Å². The van der Waals surface area contributed by atoms with Crippen LogP contribution in [0.15, 0.2) is 42.6 Å². The first-order valence-corrected chi connectivity index (χ1v) is 6.53. The summed E-state index contributed by atoms with van der Waals surface area (Å²) in [4.78, 5) is 14.8. The Morgan fingerprint density at radius 3 is 2.53 bits per heavy atom. The molecule has 0 aliphatic heterocycles. The van der Waals surface area contributed by atoms with Crippen molar-refractivity contribution in [1.82, 2.24) is 4.98 Å². The lowest BCUT2D eigenvalue weighted by atomic mass is 10.2. The average molecular weight is 276 g/mol. The van der Waals surface area contributed by atoms with E-state index in [-0.39, 0.29) is 0 Å². The van der Waals surface area contributed by atoms with E-state index >= 15 is 0 Å². The van der Waals surface area contributed by atoms with Gasteiger partial charge in [-0.2, -0.15) is 0 Å². The van der Waals surface area contributed by atoms with Crippen LogP contribution < -0.4 is 4.74 Å². The minimum atomic E-state index is 0.479. The van der Waals surface area contributed by atoms with Crippen molar-refractivity contribution in [3.05, 3.63) is 59.4 Å². The molecule has 0 radical (unpaired) electrons. The molecule has 2 rings (SSSR count). The van der Waals surface area contributed by atoms with Gasteiger partial charge in [0.1, 0.15) is 12.0 Å². The summed E-state index contributed by atoms with van der Waals surface area (Å²) in [6, 6.07) is 11.0. The number of carbonyl (C=O) groups excluding carboxylic acids is 1. The van der Waals surface area contributed by atoms with Crippen LogP contribution in [0.1, 0.15) is 21.6 Å². The second kappa shape index (κ2) is 6.90. The Bertz CT molecular complexity index is 523. The maximum Gasteiger partial charge on any atom is 0.150 e. The Morgan fingerprint density at radius 1 is 1.16 bits per heavy atom. The zero-order chi connectivity index (χ0) is 13.5. The molecule has 0 amide bonds. The summed E-state index contributed by atoms with van der Waals surface area (Å²) >= 11 is 5.70. The molecular formula is C15H14ClNO2. The lowest BCUT2D eigenvalue weighted by Gasteiger charge is -2.06. The second-order valence-corrected chi connectivity index (χ2v) is 4.34. The number of hydrogen-bond donors (Lipinski definition) is 0. The summed E-state index contributed by atoms with van der Waals surface area (Å²) in [5.41, 5.74) is 2.62. The number of nitrogens with zero attached hydrogens (tertiary/aromatic N) is 1. The molecule has 0 saturated carbocycles. The number of aldehydes is 1. The van der Waals surface area contributed by atoms with Gasteiger partial charge in [-0.1, -0.05) is 6.07 Å². The minimum Gasteiger partial charge on any atom is -0.493 e. The Hall–Kier alpha value is -1.87. The zero-order valence-corrected chi connectivity index (χ0v) is 11.1. The minimum absolute atomic E-state index is 0.479. The largest absolute Gasteiger partial charge is 0.493 e. The summed E-state index contributed by atoms with van der Waals surface area (Å²) in [7, 11) is 0. The third-order valence-corrected chi connectivity index (χ3v) is 2.99. The topological polar surface area (TPSA) is 39.2 Å². The molecular weight excluding hydrogens is 262 g/mol. The van der Waals surface area contributed by atoms with Gasteiger partial charge in [0.25, 0.3) is 0 Å². The van der Waals surface area contributed by atoms with Crippen LogP contribution in [0.5, 0.6) is 5.75 Å². The van der Waals surface area contributed by atoms with Gasteiger partial charge in [-0.25, -0.2) is 0 Å². The van der Waals surface area contributed by atoms with E-state index in [1.807, 2.05) is 12.1 Å². The van der Waals surface area contributed by atoms with Crippen molar-refractivity contribution in [3.8, 4) is 5.75 Å². The fraction of sp³-hybridized carbons (Fsp3) is 0.200. The number of rotatable bonds is 6. The van der Waals surface area contributed by atoms with Gasteiger partial charge >= 0.3 is 0 Å². The SMILES string of the molecule is O=Cc1ccc(OCCc2ccc(CCl)cn2)cc1. The first-order valence-electron chi connectivity index (χ1n) is 5.99. The molecule has 1 aromatic carbocycles. The van der Waals surface area contributed by atoms with E-state index in [0.29, 0.717) is 18.1 Å². The van der Waals surface area contributed by atoms with E-state index < -0.39 is 0 Å². The smallest absolute Gasteiger partial charge is 0.150 e. The molecule has 0 aliphatic carbocycles. The molecule has 0 spiro atoms. The third-order valence-electron chi connectivity index (χ3n) is 2.68. The first kappa shape index (κ1) is 13.6. The van der Waals surface area contributed by atoms with Gasteiger partial charge in [-0.15, -0.1) is 11.6 Å². The van der Waals surface area contributed by atoms with Crippen LogP contribution in [-0.4, -0.2) is 17.9 Å². The Labute approximate surface area is 117 Å². The van der Waals surface area contributed by atoms with Crippen LogP contribution in [0, 0.1) is 0 Å². The maximum absolute atomic E-state index is 10.5.